The minimum absolute atomic E-state index is 0.442. The van der Waals surface area contributed by atoms with Crippen molar-refractivity contribution in [3.05, 3.63) is 0 Å². The van der Waals surface area contributed by atoms with Gasteiger partial charge in [0.15, 0.2) is 0 Å². The van der Waals surface area contributed by atoms with Gasteiger partial charge in [0.1, 0.15) is 0 Å². The molecular weight excluding hydrogens is 367 g/mol. The van der Waals surface area contributed by atoms with E-state index in [-0.39, 0.29) is 0 Å². The fourth-order valence-electron chi connectivity index (χ4n) is 3.61. The van der Waals surface area contributed by atoms with Crippen molar-refractivity contribution in [1.82, 2.24) is 0 Å². The molecule has 0 aliphatic carbocycles. The Morgan fingerprint density at radius 3 is 1.29 bits per heavy atom. The van der Waals surface area contributed by atoms with Gasteiger partial charge in [0.2, 0.25) is 0 Å². The maximum atomic E-state index is 13.7. The molecule has 0 bridgehead atoms. The molecule has 0 aromatic rings. The Morgan fingerprint density at radius 1 is 0.607 bits per heavy atom. The molecule has 0 fully saturated rings. The summed E-state index contributed by atoms with van der Waals surface area (Å²) in [6, 6.07) is 0. The lowest BCUT2D eigenvalue weighted by Crippen LogP contribution is -2.16. The van der Waals surface area contributed by atoms with E-state index >= 15 is 0 Å². The van der Waals surface area contributed by atoms with Crippen molar-refractivity contribution in [2.24, 2.45) is 17.8 Å². The quantitative estimate of drug-likeness (QED) is 0.185. The van der Waals surface area contributed by atoms with Crippen LogP contribution in [0.1, 0.15) is 119 Å². The summed E-state index contributed by atoms with van der Waals surface area (Å²) in [7, 11) is -3.03. The topological polar surface area (TPSA) is 35.5 Å². The summed E-state index contributed by atoms with van der Waals surface area (Å²) in [5.41, 5.74) is 0. The summed E-state index contributed by atoms with van der Waals surface area (Å²) in [4.78, 5) is 0. The molecule has 1 unspecified atom stereocenters. The molecule has 28 heavy (non-hydrogen) atoms. The van der Waals surface area contributed by atoms with Gasteiger partial charge in [-0.25, -0.2) is 0 Å². The van der Waals surface area contributed by atoms with Gasteiger partial charge >= 0.3 is 7.60 Å². The normalized spacial score (nSPS) is 17.2. The highest BCUT2D eigenvalue weighted by Gasteiger charge is 2.30. The summed E-state index contributed by atoms with van der Waals surface area (Å²) in [5.74, 6) is 1.43. The average molecular weight is 419 g/mol. The van der Waals surface area contributed by atoms with E-state index in [4.69, 9.17) is 9.05 Å². The van der Waals surface area contributed by atoms with Crippen molar-refractivity contribution >= 4 is 7.60 Å². The zero-order valence-corrected chi connectivity index (χ0v) is 20.9. The van der Waals surface area contributed by atoms with Crippen molar-refractivity contribution in [1.29, 1.82) is 0 Å². The second-order valence-corrected chi connectivity index (χ2v) is 10.7. The van der Waals surface area contributed by atoms with Crippen LogP contribution in [0.25, 0.3) is 0 Å². The van der Waals surface area contributed by atoms with Gasteiger partial charge in [0.05, 0.1) is 19.4 Å². The molecule has 0 amide bonds. The molecule has 4 atom stereocenters. The van der Waals surface area contributed by atoms with Gasteiger partial charge in [0.25, 0.3) is 0 Å². The number of rotatable bonds is 20. The summed E-state index contributed by atoms with van der Waals surface area (Å²) >= 11 is 0. The third kappa shape index (κ3) is 13.4. The van der Waals surface area contributed by atoms with Crippen LogP contribution in [0.3, 0.4) is 0 Å². The van der Waals surface area contributed by atoms with Crippen LogP contribution < -0.4 is 0 Å². The maximum absolute atomic E-state index is 13.7. The van der Waals surface area contributed by atoms with Gasteiger partial charge in [0, 0.05) is 0 Å². The van der Waals surface area contributed by atoms with Gasteiger partial charge in [-0.15, -0.1) is 0 Å². The van der Waals surface area contributed by atoms with Crippen molar-refractivity contribution in [3.8, 4) is 0 Å². The molecule has 0 aliphatic rings. The van der Waals surface area contributed by atoms with E-state index in [2.05, 4.69) is 41.5 Å². The van der Waals surface area contributed by atoms with Crippen LogP contribution in [0.2, 0.25) is 0 Å². The van der Waals surface area contributed by atoms with E-state index in [1.165, 1.54) is 38.5 Å². The van der Waals surface area contributed by atoms with Gasteiger partial charge in [-0.3, -0.25) is 4.57 Å². The summed E-state index contributed by atoms with van der Waals surface area (Å²) in [6.07, 6.45) is 14.5. The van der Waals surface area contributed by atoms with Crippen LogP contribution in [0.15, 0.2) is 0 Å². The fraction of sp³-hybridized carbons (Fsp3) is 1.00. The van der Waals surface area contributed by atoms with E-state index in [0.717, 1.165) is 38.5 Å². The molecule has 3 nitrogen and oxygen atoms in total. The molecule has 0 aliphatic heterocycles. The Morgan fingerprint density at radius 2 is 0.964 bits per heavy atom. The van der Waals surface area contributed by atoms with Gasteiger partial charge < -0.3 is 9.05 Å². The largest absolute Gasteiger partial charge is 0.330 e. The SMILES string of the molecule is CCCC[C@@H](CC)COP(=O)(C[C@H](CC)CCCC)OC[C@@H](CC)CCCC. The number of hydrogen-bond acceptors (Lipinski definition) is 3. The molecular formula is C24H51O3P. The first-order valence-electron chi connectivity index (χ1n) is 12.4. The fourth-order valence-corrected chi connectivity index (χ4v) is 5.84. The van der Waals surface area contributed by atoms with Gasteiger partial charge in [-0.05, 0) is 37.0 Å². The minimum atomic E-state index is -3.03. The molecule has 170 valence electrons. The van der Waals surface area contributed by atoms with Crippen LogP contribution >= 0.6 is 7.60 Å². The van der Waals surface area contributed by atoms with E-state index < -0.39 is 7.60 Å². The van der Waals surface area contributed by atoms with Gasteiger partial charge in [-0.2, -0.15) is 0 Å². The molecule has 0 saturated carbocycles. The van der Waals surface area contributed by atoms with Crippen molar-refractivity contribution in [3.63, 3.8) is 0 Å². The molecule has 0 aromatic carbocycles. The molecule has 0 aromatic heterocycles. The second-order valence-electron chi connectivity index (χ2n) is 8.63. The predicted octanol–water partition coefficient (Wildman–Crippen LogP) is 8.86. The second kappa shape index (κ2) is 18.0. The van der Waals surface area contributed by atoms with Crippen LogP contribution in [0.5, 0.6) is 0 Å². The van der Waals surface area contributed by atoms with Gasteiger partial charge in [-0.1, -0.05) is 99.3 Å². The number of unbranched alkanes of at least 4 members (excludes halogenated alkanes) is 3. The zero-order valence-electron chi connectivity index (χ0n) is 20.0. The van der Waals surface area contributed by atoms with E-state index in [1.807, 2.05) is 0 Å². The lowest BCUT2D eigenvalue weighted by atomic mass is 10.0. The maximum Gasteiger partial charge on any atom is 0.330 e. The highest BCUT2D eigenvalue weighted by atomic mass is 31.2. The first kappa shape index (κ1) is 28.1. The highest BCUT2D eigenvalue weighted by Crippen LogP contribution is 2.52. The van der Waals surface area contributed by atoms with E-state index in [9.17, 15) is 4.57 Å². The molecule has 0 spiro atoms. The summed E-state index contributed by atoms with van der Waals surface area (Å²) < 4.78 is 25.9. The summed E-state index contributed by atoms with van der Waals surface area (Å²) in [5, 5.41) is 0. The molecule has 0 radical (unpaired) electrons. The average Bonchev–Trinajstić information content (AvgIpc) is 2.71. The highest BCUT2D eigenvalue weighted by molar-refractivity contribution is 7.53. The number of hydrogen-bond donors (Lipinski definition) is 0. The monoisotopic (exact) mass is 418 g/mol. The first-order chi connectivity index (χ1) is 13.5. The lowest BCUT2D eigenvalue weighted by molar-refractivity contribution is 0.148. The first-order valence-corrected chi connectivity index (χ1v) is 14.1. The third-order valence-electron chi connectivity index (χ3n) is 6.13. The Balaban J connectivity index is 4.97. The molecule has 0 heterocycles. The Hall–Kier alpha value is 0.150. The lowest BCUT2D eigenvalue weighted by Gasteiger charge is -2.27. The Bertz CT molecular complexity index is 362. The summed E-state index contributed by atoms with van der Waals surface area (Å²) in [6.45, 7) is 14.5. The molecule has 4 heteroatoms. The minimum Gasteiger partial charge on any atom is -0.308 e. The molecule has 0 saturated heterocycles. The van der Waals surface area contributed by atoms with Crippen LogP contribution in [-0.2, 0) is 13.6 Å². The van der Waals surface area contributed by atoms with E-state index in [0.29, 0.717) is 37.1 Å². The Kier molecular flexibility index (Phi) is 18.1. The van der Waals surface area contributed by atoms with E-state index in [1.54, 1.807) is 0 Å². The standard InChI is InChI=1S/C24H51O3P/c1-7-13-16-22(10-4)19-26-28(25,21-24(12-6)18-15-9-3)27-20-23(11-5)17-14-8-2/h22-24H,7-21H2,1-6H3/t22-,23+,24-,28?/m1/s1. The zero-order chi connectivity index (χ0) is 21.3. The molecule has 0 rings (SSSR count). The smallest absolute Gasteiger partial charge is 0.308 e. The third-order valence-corrected chi connectivity index (χ3v) is 8.17. The van der Waals surface area contributed by atoms with Crippen LogP contribution in [0.4, 0.5) is 0 Å². The van der Waals surface area contributed by atoms with Crippen LogP contribution in [0, 0.1) is 17.8 Å². The predicted molar refractivity (Wildman–Crippen MR) is 124 cm³/mol. The molecule has 0 N–H and O–H groups in total. The van der Waals surface area contributed by atoms with Crippen LogP contribution in [-0.4, -0.2) is 19.4 Å². The van der Waals surface area contributed by atoms with Crippen molar-refractivity contribution in [2.75, 3.05) is 19.4 Å². The van der Waals surface area contributed by atoms with Crippen molar-refractivity contribution < 1.29 is 13.6 Å². The Labute approximate surface area is 177 Å². The van der Waals surface area contributed by atoms with Crippen molar-refractivity contribution in [2.45, 2.75) is 119 Å².